The second-order valence-corrected chi connectivity index (χ2v) is 8.05. The third-order valence-corrected chi connectivity index (χ3v) is 5.53. The highest BCUT2D eigenvalue weighted by Gasteiger charge is 2.23. The molecule has 0 radical (unpaired) electrons. The molecule has 3 rings (SSSR count). The standard InChI is InChI=1S/C19H19Cl2N3OS/c1-23(2)10-5-11-24(18(25)14-12-13(20)8-9-15(14)21)19-22-16-6-3-4-7-17(16)26-19/h3-4,6-9,12H,5,10-11H2,1-2H3. The van der Waals surface area contributed by atoms with Gasteiger partial charge in [0.2, 0.25) is 0 Å². The Labute approximate surface area is 167 Å². The second-order valence-electron chi connectivity index (χ2n) is 6.20. The van der Waals surface area contributed by atoms with Crippen LogP contribution in [0.1, 0.15) is 16.8 Å². The Morgan fingerprint density at radius 2 is 1.88 bits per heavy atom. The fourth-order valence-corrected chi connectivity index (χ4v) is 3.97. The lowest BCUT2D eigenvalue weighted by Crippen LogP contribution is -2.33. The van der Waals surface area contributed by atoms with E-state index in [2.05, 4.69) is 9.88 Å². The topological polar surface area (TPSA) is 36.4 Å². The van der Waals surface area contributed by atoms with E-state index in [1.807, 2.05) is 38.4 Å². The van der Waals surface area contributed by atoms with Crippen LogP contribution in [0.3, 0.4) is 0 Å². The van der Waals surface area contributed by atoms with Gasteiger partial charge in [-0.05, 0) is 57.4 Å². The summed E-state index contributed by atoms with van der Waals surface area (Å²) in [5.41, 5.74) is 1.28. The largest absolute Gasteiger partial charge is 0.309 e. The minimum Gasteiger partial charge on any atom is -0.309 e. The first-order valence-electron chi connectivity index (χ1n) is 8.23. The van der Waals surface area contributed by atoms with Gasteiger partial charge in [0.15, 0.2) is 5.13 Å². The van der Waals surface area contributed by atoms with Crippen molar-refractivity contribution in [1.29, 1.82) is 0 Å². The third-order valence-electron chi connectivity index (χ3n) is 3.90. The molecule has 0 aliphatic heterocycles. The van der Waals surface area contributed by atoms with Gasteiger partial charge in [-0.25, -0.2) is 4.98 Å². The molecular weight excluding hydrogens is 389 g/mol. The van der Waals surface area contributed by atoms with Crippen molar-refractivity contribution in [2.24, 2.45) is 0 Å². The van der Waals surface area contributed by atoms with E-state index in [-0.39, 0.29) is 5.91 Å². The minimum absolute atomic E-state index is 0.185. The van der Waals surface area contributed by atoms with Crippen molar-refractivity contribution in [2.45, 2.75) is 6.42 Å². The maximum Gasteiger partial charge on any atom is 0.261 e. The lowest BCUT2D eigenvalue weighted by atomic mass is 10.2. The van der Waals surface area contributed by atoms with Crippen LogP contribution < -0.4 is 4.90 Å². The van der Waals surface area contributed by atoms with Gasteiger partial charge in [0.1, 0.15) is 0 Å². The van der Waals surface area contributed by atoms with E-state index in [0.29, 0.717) is 27.3 Å². The molecule has 7 heteroatoms. The molecule has 1 aromatic heterocycles. The second kappa shape index (κ2) is 8.35. The molecule has 136 valence electrons. The zero-order valence-electron chi connectivity index (χ0n) is 14.6. The number of benzene rings is 2. The van der Waals surface area contributed by atoms with Crippen LogP contribution in [0, 0.1) is 0 Å². The lowest BCUT2D eigenvalue weighted by molar-refractivity contribution is 0.0986. The molecular formula is C19H19Cl2N3OS. The summed E-state index contributed by atoms with van der Waals surface area (Å²) in [7, 11) is 4.02. The highest BCUT2D eigenvalue weighted by Crippen LogP contribution is 2.31. The zero-order chi connectivity index (χ0) is 18.7. The molecule has 0 saturated heterocycles. The number of aromatic nitrogens is 1. The highest BCUT2D eigenvalue weighted by atomic mass is 35.5. The molecule has 0 spiro atoms. The van der Waals surface area contributed by atoms with Gasteiger partial charge in [-0.15, -0.1) is 0 Å². The summed E-state index contributed by atoms with van der Waals surface area (Å²) in [4.78, 5) is 21.6. The normalized spacial score (nSPS) is 11.3. The molecule has 0 fully saturated rings. The number of hydrogen-bond donors (Lipinski definition) is 0. The molecule has 0 unspecified atom stereocenters. The highest BCUT2D eigenvalue weighted by molar-refractivity contribution is 7.22. The van der Waals surface area contributed by atoms with Crippen LogP contribution in [0.15, 0.2) is 42.5 Å². The fourth-order valence-electron chi connectivity index (χ4n) is 2.61. The Kier molecular flexibility index (Phi) is 6.14. The maximum absolute atomic E-state index is 13.2. The number of anilines is 1. The summed E-state index contributed by atoms with van der Waals surface area (Å²) in [6.45, 7) is 1.43. The molecule has 1 amide bonds. The molecule has 0 saturated carbocycles. The Hall–Kier alpha value is -1.66. The molecule has 0 aliphatic rings. The zero-order valence-corrected chi connectivity index (χ0v) is 16.9. The Bertz CT molecular complexity index is 893. The average molecular weight is 408 g/mol. The number of carbonyl (C=O) groups excluding carboxylic acids is 1. The number of rotatable bonds is 6. The van der Waals surface area contributed by atoms with E-state index in [1.165, 1.54) is 11.3 Å². The van der Waals surface area contributed by atoms with Crippen molar-refractivity contribution in [2.75, 3.05) is 32.1 Å². The molecule has 0 bridgehead atoms. The molecule has 3 aromatic rings. The van der Waals surface area contributed by atoms with Crippen LogP contribution >= 0.6 is 34.5 Å². The van der Waals surface area contributed by atoms with Crippen molar-refractivity contribution in [3.63, 3.8) is 0 Å². The van der Waals surface area contributed by atoms with Gasteiger partial charge in [0, 0.05) is 11.6 Å². The number of para-hydroxylation sites is 1. The third kappa shape index (κ3) is 4.35. The number of nitrogens with zero attached hydrogens (tertiary/aromatic N) is 3. The van der Waals surface area contributed by atoms with Crippen LogP contribution in [0.25, 0.3) is 10.2 Å². The van der Waals surface area contributed by atoms with Crippen molar-refractivity contribution in [3.05, 3.63) is 58.1 Å². The van der Waals surface area contributed by atoms with Gasteiger partial charge in [-0.1, -0.05) is 46.7 Å². The quantitative estimate of drug-likeness (QED) is 0.563. The van der Waals surface area contributed by atoms with Crippen LogP contribution in [-0.2, 0) is 0 Å². The first-order valence-corrected chi connectivity index (χ1v) is 9.80. The summed E-state index contributed by atoms with van der Waals surface area (Å²) < 4.78 is 1.05. The predicted octanol–water partition coefficient (Wildman–Crippen LogP) is 5.20. The minimum atomic E-state index is -0.185. The van der Waals surface area contributed by atoms with Crippen molar-refractivity contribution >= 4 is 55.8 Å². The molecule has 26 heavy (non-hydrogen) atoms. The van der Waals surface area contributed by atoms with Crippen molar-refractivity contribution in [1.82, 2.24) is 9.88 Å². The molecule has 0 N–H and O–H groups in total. The van der Waals surface area contributed by atoms with E-state index in [4.69, 9.17) is 23.2 Å². The summed E-state index contributed by atoms with van der Waals surface area (Å²) in [5, 5.41) is 1.54. The smallest absolute Gasteiger partial charge is 0.261 e. The SMILES string of the molecule is CN(C)CCCN(C(=O)c1cc(Cl)ccc1Cl)c1nc2ccccc2s1. The van der Waals surface area contributed by atoms with Gasteiger partial charge in [-0.2, -0.15) is 0 Å². The lowest BCUT2D eigenvalue weighted by Gasteiger charge is -2.21. The number of hydrogen-bond acceptors (Lipinski definition) is 4. The van der Waals surface area contributed by atoms with Crippen LogP contribution in [0.4, 0.5) is 5.13 Å². The molecule has 2 aromatic carbocycles. The number of carbonyl (C=O) groups is 1. The maximum atomic E-state index is 13.2. The molecule has 1 heterocycles. The number of thiazole rings is 1. The average Bonchev–Trinajstić information content (AvgIpc) is 3.03. The van der Waals surface area contributed by atoms with E-state index in [1.54, 1.807) is 23.1 Å². The van der Waals surface area contributed by atoms with Crippen LogP contribution in [-0.4, -0.2) is 43.0 Å². The molecule has 4 nitrogen and oxygen atoms in total. The van der Waals surface area contributed by atoms with Gasteiger partial charge < -0.3 is 4.90 Å². The monoisotopic (exact) mass is 407 g/mol. The molecule has 0 atom stereocenters. The first kappa shape index (κ1) is 19.1. The van der Waals surface area contributed by atoms with E-state index < -0.39 is 0 Å². The molecule has 0 aliphatic carbocycles. The van der Waals surface area contributed by atoms with Crippen LogP contribution in [0.5, 0.6) is 0 Å². The van der Waals surface area contributed by atoms with Gasteiger partial charge in [0.25, 0.3) is 5.91 Å². The van der Waals surface area contributed by atoms with E-state index >= 15 is 0 Å². The summed E-state index contributed by atoms with van der Waals surface area (Å²) in [5.74, 6) is -0.185. The summed E-state index contributed by atoms with van der Waals surface area (Å²) >= 11 is 13.8. The van der Waals surface area contributed by atoms with Crippen molar-refractivity contribution in [3.8, 4) is 0 Å². The Morgan fingerprint density at radius 3 is 2.62 bits per heavy atom. The first-order chi connectivity index (χ1) is 12.5. The van der Waals surface area contributed by atoms with Gasteiger partial charge >= 0.3 is 0 Å². The fraction of sp³-hybridized carbons (Fsp3) is 0.263. The van der Waals surface area contributed by atoms with E-state index in [0.717, 1.165) is 23.2 Å². The summed E-state index contributed by atoms with van der Waals surface area (Å²) in [6, 6.07) is 12.8. The van der Waals surface area contributed by atoms with Crippen LogP contribution in [0.2, 0.25) is 10.0 Å². The summed E-state index contributed by atoms with van der Waals surface area (Å²) in [6.07, 6.45) is 0.826. The van der Waals surface area contributed by atoms with Crippen molar-refractivity contribution < 1.29 is 4.79 Å². The Morgan fingerprint density at radius 1 is 1.12 bits per heavy atom. The number of fused-ring (bicyclic) bond motifs is 1. The van der Waals surface area contributed by atoms with Gasteiger partial charge in [-0.3, -0.25) is 9.69 Å². The number of halogens is 2. The predicted molar refractivity (Wildman–Crippen MR) is 111 cm³/mol. The number of amides is 1. The van der Waals surface area contributed by atoms with E-state index in [9.17, 15) is 4.79 Å². The van der Waals surface area contributed by atoms with Gasteiger partial charge in [0.05, 0.1) is 20.8 Å². The Balaban J connectivity index is 1.96.